The molecule has 1 saturated carbocycles. The molecule has 1 aromatic carbocycles. The third-order valence-electron chi connectivity index (χ3n) is 9.32. The molecule has 47 heavy (non-hydrogen) atoms. The number of fused-ring (bicyclic) bond motifs is 4. The number of aromatic nitrogens is 1. The highest BCUT2D eigenvalue weighted by molar-refractivity contribution is 14.1. The van der Waals surface area contributed by atoms with E-state index in [0.717, 1.165) is 16.0 Å². The van der Waals surface area contributed by atoms with Gasteiger partial charge < -0.3 is 9.84 Å². The van der Waals surface area contributed by atoms with E-state index >= 15 is 0 Å². The monoisotopic (exact) mass is 890 g/mol. The van der Waals surface area contributed by atoms with Crippen LogP contribution >= 0.6 is 73.3 Å². The lowest BCUT2D eigenvalue weighted by Crippen LogP contribution is -2.60. The number of nitrogens with zero attached hydrogens (tertiary/aromatic N) is 4. The Hall–Kier alpha value is -2.34. The largest absolute Gasteiger partial charge is 0.504 e. The van der Waals surface area contributed by atoms with Gasteiger partial charge in [0, 0.05) is 13.0 Å². The number of anilines is 1. The molecule has 1 aromatic heterocycles. The zero-order chi connectivity index (χ0) is 34.5. The number of likely N-dealkylation sites (tertiary alicyclic amines) is 1. The Morgan fingerprint density at radius 2 is 1.83 bits per heavy atom. The molecule has 4 amide bonds. The van der Waals surface area contributed by atoms with Crippen molar-refractivity contribution in [3.8, 4) is 11.5 Å². The number of ether oxygens (including phenoxy) is 1. The number of rotatable bonds is 5. The number of hydrogen-bond acceptors (Lipinski definition) is 8. The summed E-state index contributed by atoms with van der Waals surface area (Å²) in [5.74, 6) is -7.80. The van der Waals surface area contributed by atoms with Crippen LogP contribution in [0.1, 0.15) is 30.0 Å². The van der Waals surface area contributed by atoms with Gasteiger partial charge in [-0.05, 0) is 71.2 Å². The predicted molar refractivity (Wildman–Crippen MR) is 175 cm³/mol. The Bertz CT molecular complexity index is 1800. The Morgan fingerprint density at radius 1 is 1.15 bits per heavy atom. The fourth-order valence-corrected chi connectivity index (χ4v) is 9.51. The van der Waals surface area contributed by atoms with Gasteiger partial charge in [-0.25, -0.2) is 4.98 Å². The van der Waals surface area contributed by atoms with Gasteiger partial charge >= 0.3 is 6.18 Å². The molecular weight excluding hydrogens is 871 g/mol. The number of hydrogen-bond donors (Lipinski definition) is 1. The maximum Gasteiger partial charge on any atom is 0.433 e. The number of pyridine rings is 1. The van der Waals surface area contributed by atoms with Gasteiger partial charge in [0.1, 0.15) is 5.69 Å². The van der Waals surface area contributed by atoms with Crippen LogP contribution in [0.4, 0.5) is 19.0 Å². The number of hydrazine groups is 1. The van der Waals surface area contributed by atoms with Crippen LogP contribution in [0, 0.1) is 21.3 Å². The van der Waals surface area contributed by atoms with Crippen molar-refractivity contribution in [2.75, 3.05) is 24.6 Å². The van der Waals surface area contributed by atoms with E-state index in [4.69, 9.17) is 39.5 Å². The lowest BCUT2D eigenvalue weighted by molar-refractivity contribution is -0.142. The molecule has 2 aliphatic carbocycles. The summed E-state index contributed by atoms with van der Waals surface area (Å²) in [6, 6.07) is 4.68. The minimum absolute atomic E-state index is 0.00449. The minimum atomic E-state index is -4.82. The van der Waals surface area contributed by atoms with Gasteiger partial charge in [-0.3, -0.25) is 29.1 Å². The van der Waals surface area contributed by atoms with E-state index in [9.17, 15) is 37.5 Å². The Balaban J connectivity index is 1.49. The first-order valence-electron chi connectivity index (χ1n) is 13.9. The van der Waals surface area contributed by atoms with Crippen molar-refractivity contribution in [2.45, 2.75) is 34.7 Å². The van der Waals surface area contributed by atoms with Crippen molar-refractivity contribution >= 4 is 103 Å². The molecule has 3 fully saturated rings. The number of methoxy groups -OCH3 is 1. The number of halogens is 8. The quantitative estimate of drug-likeness (QED) is 0.131. The minimum Gasteiger partial charge on any atom is -0.504 e. The van der Waals surface area contributed by atoms with Crippen molar-refractivity contribution in [3.05, 3.63) is 55.8 Å². The Morgan fingerprint density at radius 3 is 2.45 bits per heavy atom. The highest BCUT2D eigenvalue weighted by Crippen LogP contribution is 2.66. The molecule has 0 unspecified atom stereocenters. The van der Waals surface area contributed by atoms with E-state index in [2.05, 4.69) is 20.9 Å². The number of imide groups is 2. The van der Waals surface area contributed by atoms with Crippen LogP contribution in [0.2, 0.25) is 5.02 Å². The van der Waals surface area contributed by atoms with Crippen molar-refractivity contribution in [1.82, 2.24) is 14.9 Å². The predicted octanol–water partition coefficient (Wildman–Crippen LogP) is 5.84. The second kappa shape index (κ2) is 11.6. The maximum atomic E-state index is 14.2. The molecule has 3 heterocycles. The number of carbonyl (C=O) groups is 4. The van der Waals surface area contributed by atoms with Crippen LogP contribution < -0.4 is 9.75 Å². The second-order valence-electron chi connectivity index (χ2n) is 11.6. The molecule has 2 aliphatic heterocycles. The fourth-order valence-electron chi connectivity index (χ4n) is 7.23. The maximum absolute atomic E-state index is 14.2. The molecule has 250 valence electrons. The molecule has 6 atom stereocenters. The number of amides is 4. The molecule has 10 nitrogen and oxygen atoms in total. The van der Waals surface area contributed by atoms with Crippen LogP contribution in [0.15, 0.2) is 35.9 Å². The molecule has 18 heteroatoms. The smallest absolute Gasteiger partial charge is 0.433 e. The van der Waals surface area contributed by atoms with E-state index in [0.29, 0.717) is 25.8 Å². The van der Waals surface area contributed by atoms with Gasteiger partial charge in [0.15, 0.2) is 27.1 Å². The Labute approximate surface area is 302 Å². The van der Waals surface area contributed by atoms with Gasteiger partial charge in [-0.1, -0.05) is 39.2 Å². The Kier molecular flexibility index (Phi) is 8.54. The molecule has 0 radical (unpaired) electrons. The summed E-state index contributed by atoms with van der Waals surface area (Å²) in [6.07, 6.45) is -3.43. The average Bonchev–Trinajstić information content (AvgIpc) is 3.35. The molecule has 6 rings (SSSR count). The average molecular weight is 893 g/mol. The van der Waals surface area contributed by atoms with Gasteiger partial charge in [-0.15, -0.1) is 23.2 Å². The zero-order valence-electron chi connectivity index (χ0n) is 24.1. The fraction of sp³-hybridized carbons (Fsp3) is 0.414. The topological polar surface area (TPSA) is 120 Å². The summed E-state index contributed by atoms with van der Waals surface area (Å²) in [4.78, 5) is 56.2. The van der Waals surface area contributed by atoms with Gasteiger partial charge in [0.25, 0.3) is 23.6 Å². The summed E-state index contributed by atoms with van der Waals surface area (Å²) >= 11 is 25.7. The normalized spacial score (nSPS) is 30.3. The second-order valence-corrected chi connectivity index (χ2v) is 14.9. The summed E-state index contributed by atoms with van der Waals surface area (Å²) in [7, 11) is 2.53. The number of carbonyl (C=O) groups excluding carboxylic acids is 4. The van der Waals surface area contributed by atoms with E-state index in [1.807, 2.05) is 22.6 Å². The number of phenolic OH excluding ortho intramolecular Hbond substituents is 1. The molecule has 1 N–H and O–H groups in total. The number of aromatic hydroxyl groups is 1. The third kappa shape index (κ3) is 4.80. The summed E-state index contributed by atoms with van der Waals surface area (Å²) < 4.78 is 46.2. The lowest BCUT2D eigenvalue weighted by Gasteiger charge is -2.50. The zero-order valence-corrected chi connectivity index (χ0v) is 30.1. The highest BCUT2D eigenvalue weighted by atomic mass is 127. The van der Waals surface area contributed by atoms with Crippen LogP contribution in [-0.4, -0.2) is 73.0 Å². The molecule has 0 spiro atoms. The van der Waals surface area contributed by atoms with Gasteiger partial charge in [0.05, 0.1) is 33.0 Å². The first kappa shape index (κ1) is 34.5. The lowest BCUT2D eigenvalue weighted by atomic mass is 9.56. The van der Waals surface area contributed by atoms with Gasteiger partial charge in [0.2, 0.25) is 0 Å². The van der Waals surface area contributed by atoms with E-state index in [1.54, 1.807) is 12.1 Å². The SMILES string of the molecule is COc1cc([C@H]2C3=CC[C@@H]4C(=O)N(N(C)c5nc(C(F)(F)F)ccc5Cl)C(=O)[C@@H]4[C@@H]3C[C@@]3(Cl)C(=O)N(CBr)C(=O)[C@@]23Cl)cc(I)c1O. The van der Waals surface area contributed by atoms with Crippen molar-refractivity contribution < 1.29 is 42.2 Å². The van der Waals surface area contributed by atoms with Crippen LogP contribution in [0.3, 0.4) is 0 Å². The van der Waals surface area contributed by atoms with Crippen molar-refractivity contribution in [2.24, 2.45) is 17.8 Å². The van der Waals surface area contributed by atoms with Crippen molar-refractivity contribution in [1.29, 1.82) is 0 Å². The summed E-state index contributed by atoms with van der Waals surface area (Å²) in [5.41, 5.74) is -0.657. The van der Waals surface area contributed by atoms with Crippen LogP contribution in [0.5, 0.6) is 11.5 Å². The third-order valence-corrected chi connectivity index (χ3v) is 12.4. The number of phenols is 1. The molecule has 4 aliphatic rings. The molecular formula is C29H22BrCl3F3IN4O6. The van der Waals surface area contributed by atoms with Gasteiger partial charge in [-0.2, -0.15) is 18.2 Å². The van der Waals surface area contributed by atoms with Crippen molar-refractivity contribution in [3.63, 3.8) is 0 Å². The first-order valence-corrected chi connectivity index (χ1v) is 17.2. The summed E-state index contributed by atoms with van der Waals surface area (Å²) in [5, 5.41) is 11.9. The molecule has 2 aromatic rings. The number of benzene rings is 1. The van der Waals surface area contributed by atoms with E-state index in [-0.39, 0.29) is 34.8 Å². The van der Waals surface area contributed by atoms with E-state index in [1.165, 1.54) is 20.2 Å². The standard InChI is InChI=1S/C29H22BrCl3F3IN4O6/c1-39(22-15(31)5-6-18(38-22)29(34,35)36)41-23(43)13-4-3-12-14(19(13)24(41)44)9-27(32)25(45)40(10-30)26(46)28(27,33)20(12)11-7-16(37)21(42)17(8-11)47-2/h3,5-8,13-14,19-20,42H,4,9-10H2,1-2H3/t13-,14+,19-,20-,27+,28-/m0/s1. The molecule has 0 bridgehead atoms. The number of alkyl halides is 6. The van der Waals surface area contributed by atoms with E-state index < -0.39 is 74.7 Å². The highest BCUT2D eigenvalue weighted by Gasteiger charge is 2.76. The molecule has 2 saturated heterocycles. The van der Waals surface area contributed by atoms with Crippen LogP contribution in [0.25, 0.3) is 0 Å². The number of allylic oxidation sites excluding steroid dienone is 2. The summed E-state index contributed by atoms with van der Waals surface area (Å²) in [6.45, 7) is 0. The first-order chi connectivity index (χ1) is 21.9. The van der Waals surface area contributed by atoms with Crippen LogP contribution in [-0.2, 0) is 25.4 Å².